The largest absolute Gasteiger partial charge is 0.493 e. The first-order chi connectivity index (χ1) is 9.76. The Balaban J connectivity index is 1.75. The highest BCUT2D eigenvalue weighted by Crippen LogP contribution is 2.33. The molecule has 0 fully saturated rings. The monoisotopic (exact) mass is 338 g/mol. The molecule has 106 valence electrons. The number of benzene rings is 1. The standard InChI is InChI=1S/C15H15BrO4/c1-17-12-4-2-10(16)8-15(12)20-11-3-5-13-14(9-11)19-7-6-18-13/h2-5,8,11H,6-7,9H2,1H3. The zero-order valence-electron chi connectivity index (χ0n) is 11.1. The number of halogens is 1. The Morgan fingerprint density at radius 1 is 1.20 bits per heavy atom. The van der Waals surface area contributed by atoms with Crippen LogP contribution in [0.25, 0.3) is 0 Å². The zero-order valence-corrected chi connectivity index (χ0v) is 12.7. The molecule has 1 heterocycles. The van der Waals surface area contributed by atoms with Gasteiger partial charge in [0.2, 0.25) is 0 Å². The van der Waals surface area contributed by atoms with E-state index in [1.807, 2.05) is 30.4 Å². The summed E-state index contributed by atoms with van der Waals surface area (Å²) < 4.78 is 23.4. The van der Waals surface area contributed by atoms with Crippen molar-refractivity contribution in [2.24, 2.45) is 0 Å². The Morgan fingerprint density at radius 3 is 2.90 bits per heavy atom. The van der Waals surface area contributed by atoms with Crippen LogP contribution in [-0.4, -0.2) is 26.4 Å². The Hall–Kier alpha value is -1.62. The second-order valence-electron chi connectivity index (χ2n) is 4.50. The minimum Gasteiger partial charge on any atom is -0.493 e. The first-order valence-corrected chi connectivity index (χ1v) is 7.22. The van der Waals surface area contributed by atoms with Crippen LogP contribution in [0.3, 0.4) is 0 Å². The van der Waals surface area contributed by atoms with Gasteiger partial charge >= 0.3 is 0 Å². The first-order valence-electron chi connectivity index (χ1n) is 6.43. The fraction of sp³-hybridized carbons (Fsp3) is 0.333. The summed E-state index contributed by atoms with van der Waals surface area (Å²) in [6.07, 6.45) is 4.47. The smallest absolute Gasteiger partial charge is 0.163 e. The lowest BCUT2D eigenvalue weighted by molar-refractivity contribution is 0.0524. The van der Waals surface area contributed by atoms with E-state index in [2.05, 4.69) is 15.9 Å². The van der Waals surface area contributed by atoms with Crippen LogP contribution in [0.5, 0.6) is 11.5 Å². The summed E-state index contributed by atoms with van der Waals surface area (Å²) in [5.41, 5.74) is 0. The maximum absolute atomic E-state index is 6.00. The first kappa shape index (κ1) is 13.4. The third-order valence-corrected chi connectivity index (χ3v) is 3.64. The molecule has 1 aliphatic carbocycles. The lowest BCUT2D eigenvalue weighted by Crippen LogP contribution is -2.23. The normalized spacial score (nSPS) is 20.8. The summed E-state index contributed by atoms with van der Waals surface area (Å²) in [5.74, 6) is 3.09. The van der Waals surface area contributed by atoms with Crippen LogP contribution >= 0.6 is 15.9 Å². The van der Waals surface area contributed by atoms with E-state index in [1.165, 1.54) is 0 Å². The molecular formula is C15H15BrO4. The van der Waals surface area contributed by atoms with Crippen molar-refractivity contribution in [2.45, 2.75) is 12.5 Å². The van der Waals surface area contributed by atoms with Gasteiger partial charge in [0, 0.05) is 10.9 Å². The highest BCUT2D eigenvalue weighted by molar-refractivity contribution is 9.10. The van der Waals surface area contributed by atoms with Gasteiger partial charge in [-0.1, -0.05) is 15.9 Å². The molecule has 0 amide bonds. The highest BCUT2D eigenvalue weighted by atomic mass is 79.9. The molecule has 0 saturated heterocycles. The second kappa shape index (κ2) is 5.79. The molecule has 1 atom stereocenters. The number of rotatable bonds is 3. The molecule has 1 aromatic rings. The quantitative estimate of drug-likeness (QED) is 0.846. The van der Waals surface area contributed by atoms with E-state index in [0.717, 1.165) is 16.0 Å². The summed E-state index contributed by atoms with van der Waals surface area (Å²) in [5, 5.41) is 0. The predicted octanol–water partition coefficient (Wildman–Crippen LogP) is 3.42. The number of methoxy groups -OCH3 is 1. The van der Waals surface area contributed by atoms with E-state index in [9.17, 15) is 0 Å². The highest BCUT2D eigenvalue weighted by Gasteiger charge is 2.23. The Bertz CT molecular complexity index is 565. The predicted molar refractivity (Wildman–Crippen MR) is 77.8 cm³/mol. The summed E-state index contributed by atoms with van der Waals surface area (Å²) in [6, 6.07) is 5.69. The summed E-state index contributed by atoms with van der Waals surface area (Å²) in [6.45, 7) is 1.20. The van der Waals surface area contributed by atoms with E-state index >= 15 is 0 Å². The molecule has 5 heteroatoms. The van der Waals surface area contributed by atoms with Crippen molar-refractivity contribution in [3.05, 3.63) is 46.3 Å². The maximum atomic E-state index is 6.00. The van der Waals surface area contributed by atoms with Crippen LogP contribution in [0.1, 0.15) is 6.42 Å². The number of allylic oxidation sites excluding steroid dienone is 1. The molecule has 0 radical (unpaired) electrons. The Morgan fingerprint density at radius 2 is 2.05 bits per heavy atom. The SMILES string of the molecule is COc1ccc(Br)cc1OC1C=CC2=C(C1)OCCO2. The van der Waals surface area contributed by atoms with Gasteiger partial charge in [-0.25, -0.2) is 0 Å². The Kier molecular flexibility index (Phi) is 3.87. The molecule has 0 aromatic heterocycles. The second-order valence-corrected chi connectivity index (χ2v) is 5.41. The van der Waals surface area contributed by atoms with Crippen LogP contribution in [-0.2, 0) is 9.47 Å². The summed E-state index contributed by atoms with van der Waals surface area (Å²) in [7, 11) is 1.63. The molecule has 1 aliphatic heterocycles. The van der Waals surface area contributed by atoms with Gasteiger partial charge in [0.05, 0.1) is 7.11 Å². The molecule has 0 bridgehead atoms. The number of hydrogen-bond acceptors (Lipinski definition) is 4. The summed E-state index contributed by atoms with van der Waals surface area (Å²) >= 11 is 3.44. The van der Waals surface area contributed by atoms with Crippen LogP contribution in [0, 0.1) is 0 Å². The van der Waals surface area contributed by atoms with Gasteiger partial charge in [0.25, 0.3) is 0 Å². The van der Waals surface area contributed by atoms with Crippen LogP contribution < -0.4 is 9.47 Å². The van der Waals surface area contributed by atoms with Gasteiger partial charge in [-0.3, -0.25) is 0 Å². The van der Waals surface area contributed by atoms with Gasteiger partial charge in [-0.15, -0.1) is 0 Å². The maximum Gasteiger partial charge on any atom is 0.163 e. The van der Waals surface area contributed by atoms with Crippen molar-refractivity contribution in [1.82, 2.24) is 0 Å². The van der Waals surface area contributed by atoms with Crippen molar-refractivity contribution >= 4 is 15.9 Å². The van der Waals surface area contributed by atoms with Crippen LogP contribution in [0.4, 0.5) is 0 Å². The number of hydrogen-bond donors (Lipinski definition) is 0. The minimum atomic E-state index is -0.0846. The van der Waals surface area contributed by atoms with E-state index in [4.69, 9.17) is 18.9 Å². The van der Waals surface area contributed by atoms with Gasteiger partial charge in [0.1, 0.15) is 25.1 Å². The average molecular weight is 339 g/mol. The van der Waals surface area contributed by atoms with E-state index in [-0.39, 0.29) is 6.10 Å². The van der Waals surface area contributed by atoms with Gasteiger partial charge < -0.3 is 18.9 Å². The molecule has 0 saturated carbocycles. The third kappa shape index (κ3) is 2.77. The lowest BCUT2D eigenvalue weighted by Gasteiger charge is -2.27. The fourth-order valence-corrected chi connectivity index (χ4v) is 2.54. The molecule has 4 nitrogen and oxygen atoms in total. The van der Waals surface area contributed by atoms with Crippen LogP contribution in [0.2, 0.25) is 0 Å². The molecule has 20 heavy (non-hydrogen) atoms. The minimum absolute atomic E-state index is 0.0846. The van der Waals surface area contributed by atoms with Crippen molar-refractivity contribution in [3.8, 4) is 11.5 Å². The molecule has 1 unspecified atom stereocenters. The molecule has 0 N–H and O–H groups in total. The zero-order chi connectivity index (χ0) is 13.9. The van der Waals surface area contributed by atoms with Crippen LogP contribution in [0.15, 0.2) is 46.3 Å². The molecule has 2 aliphatic rings. The van der Waals surface area contributed by atoms with E-state index < -0.39 is 0 Å². The summed E-state index contributed by atoms with van der Waals surface area (Å²) in [4.78, 5) is 0. The van der Waals surface area contributed by atoms with Crippen molar-refractivity contribution in [3.63, 3.8) is 0 Å². The molecule has 1 aromatic carbocycles. The van der Waals surface area contributed by atoms with E-state index in [1.54, 1.807) is 7.11 Å². The lowest BCUT2D eigenvalue weighted by atomic mass is 10.1. The van der Waals surface area contributed by atoms with Crippen molar-refractivity contribution in [1.29, 1.82) is 0 Å². The Labute approximate surface area is 126 Å². The molecule has 3 rings (SSSR count). The van der Waals surface area contributed by atoms with Gasteiger partial charge in [-0.2, -0.15) is 0 Å². The number of ether oxygens (including phenoxy) is 4. The fourth-order valence-electron chi connectivity index (χ4n) is 2.20. The third-order valence-electron chi connectivity index (χ3n) is 3.14. The molecular weight excluding hydrogens is 324 g/mol. The van der Waals surface area contributed by atoms with Crippen molar-refractivity contribution < 1.29 is 18.9 Å². The van der Waals surface area contributed by atoms with Gasteiger partial charge in [-0.05, 0) is 30.4 Å². The van der Waals surface area contributed by atoms with Gasteiger partial charge in [0.15, 0.2) is 17.3 Å². The average Bonchev–Trinajstić information content (AvgIpc) is 2.47. The topological polar surface area (TPSA) is 36.9 Å². The molecule has 0 spiro atoms. The van der Waals surface area contributed by atoms with E-state index in [0.29, 0.717) is 31.1 Å². The van der Waals surface area contributed by atoms with Crippen molar-refractivity contribution in [2.75, 3.05) is 20.3 Å².